The molecule has 0 aromatic rings. The molecule has 0 aromatic heterocycles. The van der Waals surface area contributed by atoms with Crippen molar-refractivity contribution in [2.75, 3.05) is 26.2 Å². The van der Waals surface area contributed by atoms with Crippen LogP contribution in [0.5, 0.6) is 0 Å². The SMILES string of the molecule is CC(C)(C)CC1CC(NC2CCCCC2)CN(CCN)C1. The van der Waals surface area contributed by atoms with Crippen molar-refractivity contribution in [1.82, 2.24) is 10.2 Å². The molecule has 1 heterocycles. The van der Waals surface area contributed by atoms with Gasteiger partial charge in [-0.1, -0.05) is 40.0 Å². The van der Waals surface area contributed by atoms with Gasteiger partial charge in [0.2, 0.25) is 0 Å². The smallest absolute Gasteiger partial charge is 0.0200 e. The van der Waals surface area contributed by atoms with E-state index in [1.165, 1.54) is 58.0 Å². The molecule has 0 amide bonds. The predicted molar refractivity (Wildman–Crippen MR) is 91.5 cm³/mol. The second-order valence-corrected chi connectivity index (χ2v) is 8.61. The third-order valence-corrected chi connectivity index (χ3v) is 5.04. The lowest BCUT2D eigenvalue weighted by Gasteiger charge is -2.42. The van der Waals surface area contributed by atoms with E-state index in [2.05, 4.69) is 31.0 Å². The molecule has 2 fully saturated rings. The lowest BCUT2D eigenvalue weighted by atomic mass is 9.79. The van der Waals surface area contributed by atoms with Gasteiger partial charge < -0.3 is 16.0 Å². The van der Waals surface area contributed by atoms with Crippen LogP contribution < -0.4 is 11.1 Å². The Morgan fingerprint density at radius 3 is 2.38 bits per heavy atom. The molecular weight excluding hydrogens is 258 g/mol. The Labute approximate surface area is 132 Å². The Kier molecular flexibility index (Phi) is 6.51. The molecular formula is C18H37N3. The highest BCUT2D eigenvalue weighted by molar-refractivity contribution is 4.88. The van der Waals surface area contributed by atoms with Crippen LogP contribution in [0.3, 0.4) is 0 Å². The predicted octanol–water partition coefficient (Wildman–Crippen LogP) is 2.99. The molecule has 1 aliphatic heterocycles. The third kappa shape index (κ3) is 6.25. The van der Waals surface area contributed by atoms with Crippen LogP contribution in [0.25, 0.3) is 0 Å². The van der Waals surface area contributed by atoms with Gasteiger partial charge in [-0.3, -0.25) is 0 Å². The van der Waals surface area contributed by atoms with Crippen molar-refractivity contribution in [1.29, 1.82) is 0 Å². The maximum absolute atomic E-state index is 5.80. The number of nitrogens with two attached hydrogens (primary N) is 1. The largest absolute Gasteiger partial charge is 0.329 e. The van der Waals surface area contributed by atoms with Gasteiger partial charge in [0.05, 0.1) is 0 Å². The minimum atomic E-state index is 0.436. The van der Waals surface area contributed by atoms with Gasteiger partial charge in [-0.05, 0) is 37.0 Å². The molecule has 0 bridgehead atoms. The average Bonchev–Trinajstić information content (AvgIpc) is 2.38. The fourth-order valence-corrected chi connectivity index (χ4v) is 4.41. The lowest BCUT2D eigenvalue weighted by molar-refractivity contribution is 0.108. The molecule has 124 valence electrons. The Morgan fingerprint density at radius 2 is 1.76 bits per heavy atom. The molecule has 3 N–H and O–H groups in total. The molecule has 21 heavy (non-hydrogen) atoms. The summed E-state index contributed by atoms with van der Waals surface area (Å²) in [6.07, 6.45) is 9.74. The minimum absolute atomic E-state index is 0.436. The Bertz CT molecular complexity index is 291. The summed E-state index contributed by atoms with van der Waals surface area (Å²) in [6, 6.07) is 1.46. The van der Waals surface area contributed by atoms with Gasteiger partial charge in [-0.25, -0.2) is 0 Å². The Morgan fingerprint density at radius 1 is 1.05 bits per heavy atom. The number of hydrogen-bond acceptors (Lipinski definition) is 3. The van der Waals surface area contributed by atoms with Crippen LogP contribution >= 0.6 is 0 Å². The number of rotatable bonds is 5. The van der Waals surface area contributed by atoms with Crippen LogP contribution in [0.15, 0.2) is 0 Å². The van der Waals surface area contributed by atoms with Crippen molar-refractivity contribution in [3.8, 4) is 0 Å². The zero-order valence-electron chi connectivity index (χ0n) is 14.5. The molecule has 2 atom stereocenters. The second kappa shape index (κ2) is 7.94. The molecule has 3 nitrogen and oxygen atoms in total. The van der Waals surface area contributed by atoms with Crippen molar-refractivity contribution in [3.05, 3.63) is 0 Å². The standard InChI is InChI=1S/C18H37N3/c1-18(2,3)12-15-11-17(14-21(13-15)10-9-19)20-16-7-5-4-6-8-16/h15-17,20H,4-14,19H2,1-3H3. The average molecular weight is 296 g/mol. The summed E-state index contributed by atoms with van der Waals surface area (Å²) in [5.74, 6) is 0.825. The van der Waals surface area contributed by atoms with Crippen LogP contribution in [0.2, 0.25) is 0 Å². The number of likely N-dealkylation sites (tertiary alicyclic amines) is 1. The first kappa shape index (κ1) is 17.2. The number of hydrogen-bond donors (Lipinski definition) is 2. The van der Waals surface area contributed by atoms with E-state index < -0.39 is 0 Å². The molecule has 1 saturated carbocycles. The zero-order chi connectivity index (χ0) is 15.3. The van der Waals surface area contributed by atoms with E-state index in [1.54, 1.807) is 0 Å². The molecule has 2 unspecified atom stereocenters. The summed E-state index contributed by atoms with van der Waals surface area (Å²) in [5, 5.41) is 3.98. The van der Waals surface area contributed by atoms with E-state index in [-0.39, 0.29) is 0 Å². The van der Waals surface area contributed by atoms with Crippen molar-refractivity contribution in [2.45, 2.75) is 77.8 Å². The first-order valence-electron chi connectivity index (χ1n) is 9.15. The normalized spacial score (nSPS) is 29.7. The maximum atomic E-state index is 5.80. The van der Waals surface area contributed by atoms with E-state index in [4.69, 9.17) is 5.73 Å². The summed E-state index contributed by atoms with van der Waals surface area (Å²) in [7, 11) is 0. The van der Waals surface area contributed by atoms with Crippen molar-refractivity contribution < 1.29 is 0 Å². The Balaban J connectivity index is 1.88. The Hall–Kier alpha value is -0.120. The monoisotopic (exact) mass is 295 g/mol. The molecule has 0 aromatic carbocycles. The van der Waals surface area contributed by atoms with E-state index in [0.717, 1.165) is 25.0 Å². The number of nitrogens with zero attached hydrogens (tertiary/aromatic N) is 1. The fourth-order valence-electron chi connectivity index (χ4n) is 4.41. The van der Waals surface area contributed by atoms with Gasteiger partial charge in [0.15, 0.2) is 0 Å². The second-order valence-electron chi connectivity index (χ2n) is 8.61. The van der Waals surface area contributed by atoms with Crippen molar-refractivity contribution >= 4 is 0 Å². The highest BCUT2D eigenvalue weighted by Gasteiger charge is 2.30. The first-order valence-corrected chi connectivity index (χ1v) is 9.15. The van der Waals surface area contributed by atoms with Crippen LogP contribution in [0, 0.1) is 11.3 Å². The van der Waals surface area contributed by atoms with E-state index in [9.17, 15) is 0 Å². The molecule has 0 spiro atoms. The van der Waals surface area contributed by atoms with Gasteiger partial charge in [-0.15, -0.1) is 0 Å². The van der Waals surface area contributed by atoms with Crippen LogP contribution in [-0.4, -0.2) is 43.2 Å². The number of nitrogens with one attached hydrogen (secondary N) is 1. The van der Waals surface area contributed by atoms with Gasteiger partial charge in [-0.2, -0.15) is 0 Å². The summed E-state index contributed by atoms with van der Waals surface area (Å²) in [4.78, 5) is 2.60. The highest BCUT2D eigenvalue weighted by atomic mass is 15.2. The highest BCUT2D eigenvalue weighted by Crippen LogP contribution is 2.31. The van der Waals surface area contributed by atoms with E-state index in [1.807, 2.05) is 0 Å². The van der Waals surface area contributed by atoms with Crippen LogP contribution in [0.1, 0.15) is 65.7 Å². The number of piperidine rings is 1. The van der Waals surface area contributed by atoms with Crippen molar-refractivity contribution in [2.24, 2.45) is 17.1 Å². The summed E-state index contributed by atoms with van der Waals surface area (Å²) >= 11 is 0. The summed E-state index contributed by atoms with van der Waals surface area (Å²) in [5.41, 5.74) is 6.24. The third-order valence-electron chi connectivity index (χ3n) is 5.04. The summed E-state index contributed by atoms with van der Waals surface area (Å²) in [6.45, 7) is 11.4. The quantitative estimate of drug-likeness (QED) is 0.819. The zero-order valence-corrected chi connectivity index (χ0v) is 14.5. The lowest BCUT2D eigenvalue weighted by Crippen LogP contribution is -2.53. The van der Waals surface area contributed by atoms with Crippen molar-refractivity contribution in [3.63, 3.8) is 0 Å². The van der Waals surface area contributed by atoms with Gasteiger partial charge >= 0.3 is 0 Å². The van der Waals surface area contributed by atoms with Crippen LogP contribution in [-0.2, 0) is 0 Å². The minimum Gasteiger partial charge on any atom is -0.329 e. The topological polar surface area (TPSA) is 41.3 Å². The molecule has 0 radical (unpaired) electrons. The molecule has 1 aliphatic carbocycles. The fraction of sp³-hybridized carbons (Fsp3) is 1.00. The van der Waals surface area contributed by atoms with E-state index >= 15 is 0 Å². The van der Waals surface area contributed by atoms with Gasteiger partial charge in [0.1, 0.15) is 0 Å². The maximum Gasteiger partial charge on any atom is 0.0200 e. The molecule has 1 saturated heterocycles. The molecule has 2 rings (SSSR count). The molecule has 3 heteroatoms. The molecule has 2 aliphatic rings. The van der Waals surface area contributed by atoms with Crippen LogP contribution in [0.4, 0.5) is 0 Å². The van der Waals surface area contributed by atoms with Gasteiger partial charge in [0, 0.05) is 38.3 Å². The summed E-state index contributed by atoms with van der Waals surface area (Å²) < 4.78 is 0. The first-order chi connectivity index (χ1) is 9.96. The van der Waals surface area contributed by atoms with Gasteiger partial charge in [0.25, 0.3) is 0 Å². The van der Waals surface area contributed by atoms with E-state index in [0.29, 0.717) is 11.5 Å².